The molecule has 1 aromatic carbocycles. The molecule has 2 aromatic rings. The molecule has 3 rings (SSSR count). The van der Waals surface area contributed by atoms with Gasteiger partial charge in [-0.2, -0.15) is 0 Å². The van der Waals surface area contributed by atoms with Gasteiger partial charge in [0.05, 0.1) is 7.11 Å². The Kier molecular flexibility index (Phi) is 3.89. The second kappa shape index (κ2) is 5.81. The number of aromatic nitrogens is 1. The van der Waals surface area contributed by atoms with E-state index in [2.05, 4.69) is 29.4 Å². The number of thiazole rings is 1. The average molecular weight is 290 g/mol. The summed E-state index contributed by atoms with van der Waals surface area (Å²) in [5.74, 6) is 1.91. The minimum atomic E-state index is 0.258. The first-order valence-corrected chi connectivity index (χ1v) is 7.59. The van der Waals surface area contributed by atoms with Crippen molar-refractivity contribution in [1.29, 1.82) is 0 Å². The lowest BCUT2D eigenvalue weighted by molar-refractivity contribution is 0.254. The zero-order chi connectivity index (χ0) is 13.9. The Balaban J connectivity index is 1.70. The topological polar surface area (TPSA) is 43.4 Å². The van der Waals surface area contributed by atoms with Crippen molar-refractivity contribution < 1.29 is 9.47 Å². The van der Waals surface area contributed by atoms with Gasteiger partial charge < -0.3 is 14.8 Å². The number of benzene rings is 1. The lowest BCUT2D eigenvalue weighted by Gasteiger charge is -2.11. The molecule has 1 aliphatic heterocycles. The van der Waals surface area contributed by atoms with Crippen LogP contribution >= 0.6 is 11.3 Å². The third-order valence-corrected chi connectivity index (χ3v) is 4.15. The van der Waals surface area contributed by atoms with E-state index < -0.39 is 0 Å². The maximum absolute atomic E-state index is 5.81. The van der Waals surface area contributed by atoms with Gasteiger partial charge in [-0.1, -0.05) is 0 Å². The van der Waals surface area contributed by atoms with Crippen molar-refractivity contribution in [3.8, 4) is 11.5 Å². The van der Waals surface area contributed by atoms with Crippen LogP contribution in [-0.4, -0.2) is 18.2 Å². The van der Waals surface area contributed by atoms with Crippen LogP contribution < -0.4 is 14.8 Å². The predicted octanol–water partition coefficient (Wildman–Crippen LogP) is 2.76. The van der Waals surface area contributed by atoms with Crippen molar-refractivity contribution in [1.82, 2.24) is 10.3 Å². The molecule has 1 atom stereocenters. The van der Waals surface area contributed by atoms with Gasteiger partial charge in [-0.05, 0) is 19.1 Å². The monoisotopic (exact) mass is 290 g/mol. The van der Waals surface area contributed by atoms with E-state index in [1.165, 1.54) is 5.56 Å². The molecule has 2 heterocycles. The SMILES string of the molecule is COc1cc2c(cc1CNCc1nccs1)OC(C)C2. The highest BCUT2D eigenvalue weighted by Crippen LogP contribution is 2.34. The van der Waals surface area contributed by atoms with E-state index in [9.17, 15) is 0 Å². The van der Waals surface area contributed by atoms with Gasteiger partial charge in [0.2, 0.25) is 0 Å². The molecule has 1 N–H and O–H groups in total. The smallest absolute Gasteiger partial charge is 0.123 e. The van der Waals surface area contributed by atoms with Crippen LogP contribution in [0.4, 0.5) is 0 Å². The van der Waals surface area contributed by atoms with Gasteiger partial charge >= 0.3 is 0 Å². The summed E-state index contributed by atoms with van der Waals surface area (Å²) in [6, 6.07) is 4.19. The third-order valence-electron chi connectivity index (χ3n) is 3.37. The normalized spacial score (nSPS) is 16.8. The van der Waals surface area contributed by atoms with Crippen LogP contribution in [0.5, 0.6) is 11.5 Å². The van der Waals surface area contributed by atoms with Crippen LogP contribution in [-0.2, 0) is 19.5 Å². The summed E-state index contributed by atoms with van der Waals surface area (Å²) >= 11 is 1.66. The van der Waals surface area contributed by atoms with E-state index in [1.807, 2.05) is 11.6 Å². The van der Waals surface area contributed by atoms with Crippen LogP contribution in [0.1, 0.15) is 23.1 Å². The number of nitrogens with zero attached hydrogens (tertiary/aromatic N) is 1. The molecule has 0 radical (unpaired) electrons. The Labute approximate surface area is 122 Å². The molecule has 1 unspecified atom stereocenters. The van der Waals surface area contributed by atoms with Crippen molar-refractivity contribution in [3.05, 3.63) is 39.8 Å². The number of fused-ring (bicyclic) bond motifs is 1. The molecule has 106 valence electrons. The largest absolute Gasteiger partial charge is 0.496 e. The van der Waals surface area contributed by atoms with Gasteiger partial charge in [0.15, 0.2) is 0 Å². The number of rotatable bonds is 5. The molecular weight excluding hydrogens is 272 g/mol. The Morgan fingerprint density at radius 2 is 2.35 bits per heavy atom. The fourth-order valence-electron chi connectivity index (χ4n) is 2.45. The number of ether oxygens (including phenoxy) is 2. The standard InChI is InChI=1S/C15H18N2O2S/c1-10-5-11-6-13(18-2)12(7-14(11)19-10)8-16-9-15-17-3-4-20-15/h3-4,6-7,10,16H,5,8-9H2,1-2H3. The fraction of sp³-hybridized carbons (Fsp3) is 0.400. The summed E-state index contributed by atoms with van der Waals surface area (Å²) in [5, 5.41) is 6.47. The molecule has 0 spiro atoms. The highest BCUT2D eigenvalue weighted by atomic mass is 32.1. The molecule has 0 aliphatic carbocycles. The maximum Gasteiger partial charge on any atom is 0.123 e. The Hall–Kier alpha value is -1.59. The molecule has 5 heteroatoms. The van der Waals surface area contributed by atoms with Crippen LogP contribution in [0.3, 0.4) is 0 Å². The first-order chi connectivity index (χ1) is 9.76. The summed E-state index contributed by atoms with van der Waals surface area (Å²) in [7, 11) is 1.71. The van der Waals surface area contributed by atoms with Crippen molar-refractivity contribution in [2.75, 3.05) is 7.11 Å². The van der Waals surface area contributed by atoms with Crippen LogP contribution in [0.15, 0.2) is 23.7 Å². The first-order valence-electron chi connectivity index (χ1n) is 6.72. The van der Waals surface area contributed by atoms with Gasteiger partial charge in [-0.25, -0.2) is 4.98 Å². The number of methoxy groups -OCH3 is 1. The molecule has 0 amide bonds. The molecule has 0 bridgehead atoms. The van der Waals surface area contributed by atoms with Gasteiger partial charge in [0.25, 0.3) is 0 Å². The summed E-state index contributed by atoms with van der Waals surface area (Å²) < 4.78 is 11.3. The minimum Gasteiger partial charge on any atom is -0.496 e. The number of nitrogens with one attached hydrogen (secondary N) is 1. The average Bonchev–Trinajstić information content (AvgIpc) is 3.05. The number of hydrogen-bond acceptors (Lipinski definition) is 5. The summed E-state index contributed by atoms with van der Waals surface area (Å²) in [6.45, 7) is 3.61. The highest BCUT2D eigenvalue weighted by Gasteiger charge is 2.21. The van der Waals surface area contributed by atoms with E-state index in [0.717, 1.165) is 41.6 Å². The van der Waals surface area contributed by atoms with Crippen molar-refractivity contribution in [2.45, 2.75) is 32.5 Å². The molecule has 0 saturated carbocycles. The van der Waals surface area contributed by atoms with Crippen LogP contribution in [0, 0.1) is 0 Å². The van der Waals surface area contributed by atoms with Gasteiger partial charge in [-0.15, -0.1) is 11.3 Å². The fourth-order valence-corrected chi connectivity index (χ4v) is 3.04. The molecular formula is C15H18N2O2S. The molecule has 0 fully saturated rings. The molecule has 4 nitrogen and oxygen atoms in total. The van der Waals surface area contributed by atoms with Crippen molar-refractivity contribution in [3.63, 3.8) is 0 Å². The van der Waals surface area contributed by atoms with Crippen molar-refractivity contribution in [2.24, 2.45) is 0 Å². The first kappa shape index (κ1) is 13.4. The minimum absolute atomic E-state index is 0.258. The second-order valence-corrected chi connectivity index (χ2v) is 5.91. The third kappa shape index (κ3) is 2.78. The van der Waals surface area contributed by atoms with E-state index in [1.54, 1.807) is 18.4 Å². The highest BCUT2D eigenvalue weighted by molar-refractivity contribution is 7.09. The van der Waals surface area contributed by atoms with E-state index in [4.69, 9.17) is 9.47 Å². The van der Waals surface area contributed by atoms with Crippen molar-refractivity contribution >= 4 is 11.3 Å². The van der Waals surface area contributed by atoms with Gasteiger partial charge in [-0.3, -0.25) is 0 Å². The Morgan fingerprint density at radius 3 is 3.10 bits per heavy atom. The molecule has 1 aliphatic rings. The summed E-state index contributed by atoms with van der Waals surface area (Å²) in [4.78, 5) is 4.26. The van der Waals surface area contributed by atoms with E-state index in [-0.39, 0.29) is 6.10 Å². The van der Waals surface area contributed by atoms with Crippen LogP contribution in [0.2, 0.25) is 0 Å². The second-order valence-electron chi connectivity index (χ2n) is 4.93. The van der Waals surface area contributed by atoms with E-state index in [0.29, 0.717) is 0 Å². The quantitative estimate of drug-likeness (QED) is 0.919. The lowest BCUT2D eigenvalue weighted by atomic mass is 10.1. The zero-order valence-electron chi connectivity index (χ0n) is 11.7. The molecule has 1 aromatic heterocycles. The zero-order valence-corrected chi connectivity index (χ0v) is 12.5. The van der Waals surface area contributed by atoms with E-state index >= 15 is 0 Å². The van der Waals surface area contributed by atoms with Gasteiger partial charge in [0.1, 0.15) is 22.6 Å². The maximum atomic E-state index is 5.81. The Morgan fingerprint density at radius 1 is 1.45 bits per heavy atom. The Bertz CT molecular complexity index is 584. The van der Waals surface area contributed by atoms with Crippen LogP contribution in [0.25, 0.3) is 0 Å². The summed E-state index contributed by atoms with van der Waals surface area (Å²) in [5.41, 5.74) is 2.36. The summed E-state index contributed by atoms with van der Waals surface area (Å²) in [6.07, 6.45) is 3.04. The lowest BCUT2D eigenvalue weighted by Crippen LogP contribution is -2.13. The number of hydrogen-bond donors (Lipinski definition) is 1. The van der Waals surface area contributed by atoms with Gasteiger partial charge in [0, 0.05) is 42.2 Å². The molecule has 0 saturated heterocycles. The predicted molar refractivity (Wildman–Crippen MR) is 79.4 cm³/mol. The molecule has 20 heavy (non-hydrogen) atoms.